The van der Waals surface area contributed by atoms with Crippen LogP contribution in [0.25, 0.3) is 0 Å². The highest BCUT2D eigenvalue weighted by Crippen LogP contribution is 2.17. The van der Waals surface area contributed by atoms with Crippen LogP contribution < -0.4 is 10.1 Å². The lowest BCUT2D eigenvalue weighted by molar-refractivity contribution is -0.118. The molecule has 0 radical (unpaired) electrons. The molecule has 19 heavy (non-hydrogen) atoms. The van der Waals surface area contributed by atoms with E-state index in [-0.39, 0.29) is 12.4 Å². The number of hydrogen-bond donors (Lipinski definition) is 1. The Bertz CT molecular complexity index is 574. The van der Waals surface area contributed by atoms with E-state index in [1.165, 1.54) is 23.5 Å². The zero-order chi connectivity index (χ0) is 13.7. The van der Waals surface area contributed by atoms with Crippen LogP contribution in [0.2, 0.25) is 0 Å². The highest BCUT2D eigenvalue weighted by Gasteiger charge is 2.09. The highest BCUT2D eigenvalue weighted by molar-refractivity contribution is 7.15. The van der Waals surface area contributed by atoms with E-state index in [0.29, 0.717) is 5.13 Å². The standard InChI is InChI=1S/C12H12FN3O2S/c1-2-11-15-16-12(19-11)14-10(17)7-18-9-6-4-3-5-8(9)13/h3-6H,2,7H2,1H3,(H,14,16,17). The summed E-state index contributed by atoms with van der Waals surface area (Å²) in [6.45, 7) is 1.68. The van der Waals surface area contributed by atoms with Gasteiger partial charge in [-0.2, -0.15) is 0 Å². The number of nitrogens with one attached hydrogen (secondary N) is 1. The van der Waals surface area contributed by atoms with Gasteiger partial charge in [0, 0.05) is 0 Å². The van der Waals surface area contributed by atoms with Crippen LogP contribution in [0.3, 0.4) is 0 Å². The fourth-order valence-corrected chi connectivity index (χ4v) is 2.00. The first-order valence-corrected chi connectivity index (χ1v) is 6.50. The molecule has 7 heteroatoms. The van der Waals surface area contributed by atoms with Crippen LogP contribution in [0.1, 0.15) is 11.9 Å². The van der Waals surface area contributed by atoms with Gasteiger partial charge in [-0.1, -0.05) is 30.4 Å². The molecular weight excluding hydrogens is 269 g/mol. The molecule has 0 aliphatic carbocycles. The first-order chi connectivity index (χ1) is 9.19. The third kappa shape index (κ3) is 3.72. The van der Waals surface area contributed by atoms with Crippen molar-refractivity contribution in [2.45, 2.75) is 13.3 Å². The third-order valence-corrected chi connectivity index (χ3v) is 3.19. The van der Waals surface area contributed by atoms with Gasteiger partial charge < -0.3 is 4.74 Å². The number of nitrogens with zero attached hydrogens (tertiary/aromatic N) is 2. The second-order valence-electron chi connectivity index (χ2n) is 3.62. The fraction of sp³-hybridized carbons (Fsp3) is 0.250. The zero-order valence-electron chi connectivity index (χ0n) is 10.2. The first-order valence-electron chi connectivity index (χ1n) is 5.68. The van der Waals surface area contributed by atoms with Crippen LogP contribution in [0.15, 0.2) is 24.3 Å². The van der Waals surface area contributed by atoms with E-state index in [1.807, 2.05) is 6.92 Å². The summed E-state index contributed by atoms with van der Waals surface area (Å²) in [6.07, 6.45) is 0.763. The number of carbonyl (C=O) groups is 1. The molecule has 0 saturated carbocycles. The highest BCUT2D eigenvalue weighted by atomic mass is 32.1. The van der Waals surface area contributed by atoms with Crippen molar-refractivity contribution in [1.29, 1.82) is 0 Å². The maximum atomic E-state index is 13.2. The Hall–Kier alpha value is -2.02. The fourth-order valence-electron chi connectivity index (χ4n) is 1.31. The maximum absolute atomic E-state index is 13.2. The number of ether oxygens (including phenoxy) is 1. The van der Waals surface area contributed by atoms with E-state index in [1.54, 1.807) is 12.1 Å². The molecule has 0 spiro atoms. The lowest BCUT2D eigenvalue weighted by atomic mass is 10.3. The summed E-state index contributed by atoms with van der Waals surface area (Å²) < 4.78 is 18.3. The molecule has 0 aliphatic rings. The molecule has 1 N–H and O–H groups in total. The van der Waals surface area contributed by atoms with Gasteiger partial charge in [0.15, 0.2) is 18.2 Å². The molecule has 2 rings (SSSR count). The summed E-state index contributed by atoms with van der Waals surface area (Å²) in [5.74, 6) is -0.856. The van der Waals surface area contributed by atoms with E-state index in [0.717, 1.165) is 11.4 Å². The van der Waals surface area contributed by atoms with E-state index in [9.17, 15) is 9.18 Å². The SMILES string of the molecule is CCc1nnc(NC(=O)COc2ccccc2F)s1. The average Bonchev–Trinajstić information content (AvgIpc) is 2.85. The van der Waals surface area contributed by atoms with Crippen molar-refractivity contribution >= 4 is 22.4 Å². The number of rotatable bonds is 5. The number of carbonyl (C=O) groups excluding carboxylic acids is 1. The Morgan fingerprint density at radius 1 is 1.42 bits per heavy atom. The van der Waals surface area contributed by atoms with Crippen molar-refractivity contribution in [3.63, 3.8) is 0 Å². The van der Waals surface area contributed by atoms with Crippen LogP contribution in [-0.2, 0) is 11.2 Å². The molecule has 0 fully saturated rings. The molecule has 0 bridgehead atoms. The number of aromatic nitrogens is 2. The van der Waals surface area contributed by atoms with Crippen LogP contribution >= 0.6 is 11.3 Å². The van der Waals surface area contributed by atoms with Crippen molar-refractivity contribution in [2.24, 2.45) is 0 Å². The number of amides is 1. The molecule has 0 atom stereocenters. The summed E-state index contributed by atoms with van der Waals surface area (Å²) in [7, 11) is 0. The van der Waals surface area contributed by atoms with Gasteiger partial charge in [-0.25, -0.2) is 4.39 Å². The minimum Gasteiger partial charge on any atom is -0.481 e. The summed E-state index contributed by atoms with van der Waals surface area (Å²) >= 11 is 1.30. The normalized spacial score (nSPS) is 10.2. The molecule has 1 heterocycles. The number of para-hydroxylation sites is 1. The average molecular weight is 281 g/mol. The monoisotopic (exact) mass is 281 g/mol. The Morgan fingerprint density at radius 2 is 2.21 bits per heavy atom. The van der Waals surface area contributed by atoms with E-state index in [4.69, 9.17) is 4.74 Å². The summed E-state index contributed by atoms with van der Waals surface area (Å²) in [5, 5.41) is 11.5. The Labute approximate surface area is 113 Å². The number of anilines is 1. The summed E-state index contributed by atoms with van der Waals surface area (Å²) in [5.41, 5.74) is 0. The molecule has 100 valence electrons. The number of aryl methyl sites for hydroxylation is 1. The minimum absolute atomic E-state index is 0.0455. The smallest absolute Gasteiger partial charge is 0.264 e. The number of benzene rings is 1. The van der Waals surface area contributed by atoms with Gasteiger partial charge in [-0.3, -0.25) is 10.1 Å². The predicted octanol–water partition coefficient (Wildman–Crippen LogP) is 2.26. The molecule has 0 saturated heterocycles. The van der Waals surface area contributed by atoms with Crippen molar-refractivity contribution in [3.8, 4) is 5.75 Å². The minimum atomic E-state index is -0.500. The van der Waals surface area contributed by atoms with E-state index >= 15 is 0 Å². The lowest BCUT2D eigenvalue weighted by Crippen LogP contribution is -2.20. The van der Waals surface area contributed by atoms with Gasteiger partial charge in [0.2, 0.25) is 5.13 Å². The van der Waals surface area contributed by atoms with E-state index < -0.39 is 11.7 Å². The Balaban J connectivity index is 1.86. The zero-order valence-corrected chi connectivity index (χ0v) is 11.0. The molecule has 5 nitrogen and oxygen atoms in total. The summed E-state index contributed by atoms with van der Waals surface area (Å²) in [6, 6.07) is 5.92. The maximum Gasteiger partial charge on any atom is 0.264 e. The van der Waals surface area contributed by atoms with Crippen molar-refractivity contribution < 1.29 is 13.9 Å². The van der Waals surface area contributed by atoms with Crippen molar-refractivity contribution in [3.05, 3.63) is 35.1 Å². The quantitative estimate of drug-likeness (QED) is 0.913. The van der Waals surface area contributed by atoms with E-state index in [2.05, 4.69) is 15.5 Å². The van der Waals surface area contributed by atoms with Crippen LogP contribution in [-0.4, -0.2) is 22.7 Å². The second-order valence-corrected chi connectivity index (χ2v) is 4.68. The first kappa shape index (κ1) is 13.4. The van der Waals surface area contributed by atoms with Crippen molar-refractivity contribution in [1.82, 2.24) is 10.2 Å². The van der Waals surface area contributed by atoms with Gasteiger partial charge in [-0.15, -0.1) is 10.2 Å². The van der Waals surface area contributed by atoms with Gasteiger partial charge >= 0.3 is 0 Å². The largest absolute Gasteiger partial charge is 0.481 e. The van der Waals surface area contributed by atoms with Crippen LogP contribution in [0.4, 0.5) is 9.52 Å². The molecule has 0 unspecified atom stereocenters. The Morgan fingerprint density at radius 3 is 2.89 bits per heavy atom. The predicted molar refractivity (Wildman–Crippen MR) is 69.8 cm³/mol. The lowest BCUT2D eigenvalue weighted by Gasteiger charge is -2.05. The Kier molecular flexibility index (Phi) is 4.40. The van der Waals surface area contributed by atoms with Gasteiger partial charge in [0.05, 0.1) is 0 Å². The molecule has 1 aromatic heterocycles. The molecule has 0 aliphatic heterocycles. The topological polar surface area (TPSA) is 64.1 Å². The van der Waals surface area contributed by atoms with Crippen LogP contribution in [0, 0.1) is 5.82 Å². The molecular formula is C12H12FN3O2S. The van der Waals surface area contributed by atoms with Gasteiger partial charge in [-0.05, 0) is 18.6 Å². The molecule has 2 aromatic rings. The summed E-state index contributed by atoms with van der Waals surface area (Å²) in [4.78, 5) is 11.6. The van der Waals surface area contributed by atoms with Crippen LogP contribution in [0.5, 0.6) is 5.75 Å². The number of halogens is 1. The van der Waals surface area contributed by atoms with Gasteiger partial charge in [0.25, 0.3) is 5.91 Å². The van der Waals surface area contributed by atoms with Crippen molar-refractivity contribution in [2.75, 3.05) is 11.9 Å². The molecule has 1 amide bonds. The van der Waals surface area contributed by atoms with Gasteiger partial charge in [0.1, 0.15) is 5.01 Å². The number of hydrogen-bond acceptors (Lipinski definition) is 5. The second kappa shape index (κ2) is 6.24. The third-order valence-electron chi connectivity index (χ3n) is 2.21. The molecule has 1 aromatic carbocycles.